The maximum absolute atomic E-state index is 11.6. The number of hydrogen-bond donors (Lipinski definition) is 3. The van der Waals surface area contributed by atoms with Crippen molar-refractivity contribution in [3.8, 4) is 0 Å². The molecule has 0 spiro atoms. The van der Waals surface area contributed by atoms with Crippen LogP contribution in [0.4, 0.5) is 0 Å². The molecule has 0 aliphatic heterocycles. The fourth-order valence-corrected chi connectivity index (χ4v) is 3.33. The molecule has 1 aromatic rings. The van der Waals surface area contributed by atoms with Crippen molar-refractivity contribution in [1.82, 2.24) is 4.72 Å². The summed E-state index contributed by atoms with van der Waals surface area (Å²) in [6.45, 7) is 1.18. The van der Waals surface area contributed by atoms with E-state index < -0.39 is 22.0 Å². The maximum atomic E-state index is 11.6. The number of aliphatic hydroxyl groups excluding tert-OH is 1. The second-order valence-corrected chi connectivity index (χ2v) is 6.02. The van der Waals surface area contributed by atoms with E-state index >= 15 is 0 Å². The number of carboxylic acid groups (broad SMARTS) is 1. The Bertz CT molecular complexity index is 478. The molecule has 0 aliphatic rings. The van der Waals surface area contributed by atoms with Crippen LogP contribution in [0.5, 0.6) is 0 Å². The molecule has 1 atom stereocenters. The number of aromatic carboxylic acids is 1. The Morgan fingerprint density at radius 1 is 1.62 bits per heavy atom. The molecule has 0 amide bonds. The summed E-state index contributed by atoms with van der Waals surface area (Å²) in [4.78, 5) is 10.6. The summed E-state index contributed by atoms with van der Waals surface area (Å²) >= 11 is 0.824. The van der Waals surface area contributed by atoms with Gasteiger partial charge in [-0.15, -0.1) is 11.3 Å². The number of carbonyl (C=O) groups is 1. The van der Waals surface area contributed by atoms with E-state index in [9.17, 15) is 13.2 Å². The predicted octanol–water partition coefficient (Wildman–Crippen LogP) is 0.105. The summed E-state index contributed by atoms with van der Waals surface area (Å²) in [6, 6.07) is 0.472. The van der Waals surface area contributed by atoms with Crippen LogP contribution in [0.2, 0.25) is 0 Å². The van der Waals surface area contributed by atoms with Crippen LogP contribution < -0.4 is 4.72 Å². The fraction of sp³-hybridized carbons (Fsp3) is 0.375. The normalized spacial score (nSPS) is 13.6. The highest BCUT2D eigenvalue weighted by atomic mass is 32.2. The van der Waals surface area contributed by atoms with Gasteiger partial charge in [-0.1, -0.05) is 0 Å². The average molecular weight is 265 g/mol. The number of hydrogen-bond acceptors (Lipinski definition) is 5. The Kier molecular flexibility index (Phi) is 4.03. The number of thiophene rings is 1. The van der Waals surface area contributed by atoms with Gasteiger partial charge in [0.15, 0.2) is 0 Å². The van der Waals surface area contributed by atoms with Gasteiger partial charge >= 0.3 is 5.97 Å². The number of carboxylic acids is 1. The third-order valence-electron chi connectivity index (χ3n) is 1.72. The Hall–Kier alpha value is -0.960. The Balaban J connectivity index is 2.94. The van der Waals surface area contributed by atoms with Crippen molar-refractivity contribution in [3.05, 3.63) is 17.0 Å². The number of sulfonamides is 1. The van der Waals surface area contributed by atoms with Crippen LogP contribution in [0.1, 0.15) is 17.3 Å². The maximum Gasteiger partial charge on any atom is 0.336 e. The topological polar surface area (TPSA) is 104 Å². The molecule has 3 N–H and O–H groups in total. The van der Waals surface area contributed by atoms with Crippen molar-refractivity contribution < 1.29 is 23.4 Å². The molecule has 1 rings (SSSR count). The molecule has 90 valence electrons. The lowest BCUT2D eigenvalue weighted by Gasteiger charge is -2.09. The van der Waals surface area contributed by atoms with Crippen molar-refractivity contribution in [2.75, 3.05) is 6.61 Å². The van der Waals surface area contributed by atoms with Gasteiger partial charge in [-0.2, -0.15) is 0 Å². The lowest BCUT2D eigenvalue weighted by atomic mass is 10.4. The van der Waals surface area contributed by atoms with Crippen LogP contribution >= 0.6 is 11.3 Å². The van der Waals surface area contributed by atoms with Gasteiger partial charge in [0.1, 0.15) is 4.21 Å². The van der Waals surface area contributed by atoms with Crippen molar-refractivity contribution in [2.24, 2.45) is 0 Å². The van der Waals surface area contributed by atoms with Gasteiger partial charge in [0, 0.05) is 11.4 Å². The van der Waals surface area contributed by atoms with E-state index in [0.29, 0.717) is 0 Å². The molecule has 0 aliphatic carbocycles. The highest BCUT2D eigenvalue weighted by Gasteiger charge is 2.20. The zero-order valence-corrected chi connectivity index (χ0v) is 10.0. The standard InChI is InChI=1S/C8H11NO5S2/c1-5(3-10)9-16(13,14)7-2-6(4-15-7)8(11)12/h2,4-5,9-10H,3H2,1H3,(H,11,12)/t5-/m0/s1. The summed E-state index contributed by atoms with van der Waals surface area (Å²) < 4.78 is 25.4. The van der Waals surface area contributed by atoms with E-state index in [1.807, 2.05) is 0 Å². The number of aliphatic hydroxyl groups is 1. The summed E-state index contributed by atoms with van der Waals surface area (Å²) in [5, 5.41) is 18.6. The zero-order chi connectivity index (χ0) is 12.3. The third kappa shape index (κ3) is 3.01. The second-order valence-electron chi connectivity index (χ2n) is 3.16. The van der Waals surface area contributed by atoms with Crippen LogP contribution in [0.25, 0.3) is 0 Å². The molecule has 0 saturated carbocycles. The summed E-state index contributed by atoms with van der Waals surface area (Å²) in [5.41, 5.74) is -0.0676. The van der Waals surface area contributed by atoms with Crippen molar-refractivity contribution >= 4 is 27.3 Å². The monoisotopic (exact) mass is 265 g/mol. The van der Waals surface area contributed by atoms with Gasteiger partial charge in [0.2, 0.25) is 10.0 Å². The summed E-state index contributed by atoms with van der Waals surface area (Å²) in [7, 11) is -3.74. The summed E-state index contributed by atoms with van der Waals surface area (Å²) in [6.07, 6.45) is 0. The van der Waals surface area contributed by atoms with E-state index in [0.717, 1.165) is 17.4 Å². The smallest absolute Gasteiger partial charge is 0.336 e. The van der Waals surface area contributed by atoms with E-state index in [2.05, 4.69) is 4.72 Å². The van der Waals surface area contributed by atoms with Crippen molar-refractivity contribution in [3.63, 3.8) is 0 Å². The van der Waals surface area contributed by atoms with Crippen molar-refractivity contribution in [1.29, 1.82) is 0 Å². The quantitative estimate of drug-likeness (QED) is 0.700. The van der Waals surface area contributed by atoms with Gasteiger partial charge in [-0.3, -0.25) is 0 Å². The molecule has 0 radical (unpaired) electrons. The minimum atomic E-state index is -3.74. The first-order chi connectivity index (χ1) is 7.36. The lowest BCUT2D eigenvalue weighted by Crippen LogP contribution is -2.34. The molecule has 0 saturated heterocycles. The molecule has 6 nitrogen and oxygen atoms in total. The molecule has 1 aromatic heterocycles. The molecule has 1 heterocycles. The van der Waals surface area contributed by atoms with Crippen molar-refractivity contribution in [2.45, 2.75) is 17.2 Å². The SMILES string of the molecule is C[C@@H](CO)NS(=O)(=O)c1cc(C(=O)O)cs1. The predicted molar refractivity (Wildman–Crippen MR) is 58.1 cm³/mol. The first-order valence-corrected chi connectivity index (χ1v) is 6.68. The molecule has 0 unspecified atom stereocenters. The Morgan fingerprint density at radius 3 is 2.69 bits per heavy atom. The minimum Gasteiger partial charge on any atom is -0.478 e. The Morgan fingerprint density at radius 2 is 2.25 bits per heavy atom. The van der Waals surface area contributed by atoms with E-state index in [1.54, 1.807) is 0 Å². The van der Waals surface area contributed by atoms with Gasteiger partial charge in [0.05, 0.1) is 12.2 Å². The largest absolute Gasteiger partial charge is 0.478 e. The van der Waals surface area contributed by atoms with Gasteiger partial charge in [-0.05, 0) is 13.0 Å². The Labute approximate surface area is 96.6 Å². The molecule has 0 bridgehead atoms. The summed E-state index contributed by atoms with van der Waals surface area (Å²) in [5.74, 6) is -1.17. The van der Waals surface area contributed by atoms with Crippen LogP contribution in [0, 0.1) is 0 Å². The molecule has 0 aromatic carbocycles. The van der Waals surface area contributed by atoms with Crippen LogP contribution in [0.3, 0.4) is 0 Å². The lowest BCUT2D eigenvalue weighted by molar-refractivity contribution is 0.0697. The average Bonchev–Trinajstić information content (AvgIpc) is 2.66. The minimum absolute atomic E-state index is 0.0676. The highest BCUT2D eigenvalue weighted by Crippen LogP contribution is 2.20. The zero-order valence-electron chi connectivity index (χ0n) is 8.37. The van der Waals surface area contributed by atoms with Gasteiger partial charge < -0.3 is 10.2 Å². The molecular formula is C8H11NO5S2. The highest BCUT2D eigenvalue weighted by molar-refractivity contribution is 7.91. The fourth-order valence-electron chi connectivity index (χ4n) is 0.930. The number of nitrogens with one attached hydrogen (secondary N) is 1. The van der Waals surface area contributed by atoms with E-state index in [1.165, 1.54) is 12.3 Å². The van der Waals surface area contributed by atoms with Gasteiger partial charge in [-0.25, -0.2) is 17.9 Å². The molecular weight excluding hydrogens is 254 g/mol. The molecule has 16 heavy (non-hydrogen) atoms. The molecule has 8 heteroatoms. The first-order valence-electron chi connectivity index (χ1n) is 4.32. The van der Waals surface area contributed by atoms with Gasteiger partial charge in [0.25, 0.3) is 0 Å². The van der Waals surface area contributed by atoms with E-state index in [-0.39, 0.29) is 16.4 Å². The molecule has 0 fully saturated rings. The third-order valence-corrected chi connectivity index (χ3v) is 4.75. The van der Waals surface area contributed by atoms with E-state index in [4.69, 9.17) is 10.2 Å². The van der Waals surface area contributed by atoms with Crippen LogP contribution in [-0.2, 0) is 10.0 Å². The number of rotatable bonds is 5. The van der Waals surface area contributed by atoms with Crippen LogP contribution in [-0.4, -0.2) is 37.2 Å². The van der Waals surface area contributed by atoms with Crippen LogP contribution in [0.15, 0.2) is 15.7 Å². The second kappa shape index (κ2) is 4.91. The first kappa shape index (κ1) is 13.1.